The third-order valence-electron chi connectivity index (χ3n) is 3.01. The Morgan fingerprint density at radius 3 is 2.00 bits per heavy atom. The van der Waals surface area contributed by atoms with E-state index in [1.807, 2.05) is 54.6 Å². The first kappa shape index (κ1) is 13.1. The largest absolute Gasteiger partial charge is 0.345 e. The number of carbonyl (C=O) groups is 1. The molecule has 0 saturated carbocycles. The monoisotopic (exact) mass is 251 g/mol. The van der Waals surface area contributed by atoms with Crippen LogP contribution in [0.15, 0.2) is 61.2 Å². The van der Waals surface area contributed by atoms with Crippen molar-refractivity contribution in [2.45, 2.75) is 0 Å². The Balaban J connectivity index is 2.46. The van der Waals surface area contributed by atoms with Crippen molar-refractivity contribution < 1.29 is 4.79 Å². The molecule has 0 N–H and O–H groups in total. The molecular formula is C17H17NO. The van der Waals surface area contributed by atoms with E-state index >= 15 is 0 Å². The summed E-state index contributed by atoms with van der Waals surface area (Å²) in [7, 11) is 3.51. The lowest BCUT2D eigenvalue weighted by atomic mass is 9.95. The third-order valence-corrected chi connectivity index (χ3v) is 3.01. The molecule has 0 fully saturated rings. The zero-order chi connectivity index (χ0) is 13.8. The molecule has 0 heterocycles. The van der Waals surface area contributed by atoms with Crippen LogP contribution in [-0.4, -0.2) is 24.9 Å². The number of amides is 1. The summed E-state index contributed by atoms with van der Waals surface area (Å²) in [4.78, 5) is 13.8. The van der Waals surface area contributed by atoms with E-state index in [9.17, 15) is 4.79 Å². The van der Waals surface area contributed by atoms with E-state index in [2.05, 4.69) is 6.58 Å². The molecule has 1 amide bonds. The van der Waals surface area contributed by atoms with Gasteiger partial charge in [0.2, 0.25) is 0 Å². The molecule has 2 heteroatoms. The standard InChI is InChI=1S/C17H17NO/c1-13(14-9-5-4-6-10-14)15-11-7-8-12-16(15)17(19)18(2)3/h4-12H,1H2,2-3H3. The minimum atomic E-state index is -0.00678. The van der Waals surface area contributed by atoms with Gasteiger partial charge in [-0.15, -0.1) is 0 Å². The van der Waals surface area contributed by atoms with Crippen LogP contribution in [0.5, 0.6) is 0 Å². The van der Waals surface area contributed by atoms with Gasteiger partial charge in [0, 0.05) is 19.7 Å². The fourth-order valence-electron chi connectivity index (χ4n) is 1.97. The molecule has 2 nitrogen and oxygen atoms in total. The van der Waals surface area contributed by atoms with Crippen molar-refractivity contribution in [3.8, 4) is 0 Å². The van der Waals surface area contributed by atoms with E-state index in [1.54, 1.807) is 19.0 Å². The number of hydrogen-bond acceptors (Lipinski definition) is 1. The number of rotatable bonds is 3. The second-order valence-electron chi connectivity index (χ2n) is 4.59. The summed E-state index contributed by atoms with van der Waals surface area (Å²) in [5, 5.41) is 0. The maximum atomic E-state index is 12.2. The second kappa shape index (κ2) is 5.53. The zero-order valence-electron chi connectivity index (χ0n) is 11.3. The Labute approximate surface area is 114 Å². The molecule has 2 aromatic carbocycles. The van der Waals surface area contributed by atoms with E-state index in [-0.39, 0.29) is 5.91 Å². The van der Waals surface area contributed by atoms with Gasteiger partial charge in [0.1, 0.15) is 0 Å². The van der Waals surface area contributed by atoms with Crippen LogP contribution in [0.1, 0.15) is 21.5 Å². The molecule has 0 saturated heterocycles. The summed E-state index contributed by atoms with van der Waals surface area (Å²) in [5.41, 5.74) is 3.46. The predicted octanol–water partition coefficient (Wildman–Crippen LogP) is 3.45. The number of carbonyl (C=O) groups excluding carboxylic acids is 1. The van der Waals surface area contributed by atoms with Gasteiger partial charge in [0.25, 0.3) is 5.91 Å². The first-order chi connectivity index (χ1) is 9.11. The fraction of sp³-hybridized carbons (Fsp3) is 0.118. The van der Waals surface area contributed by atoms with Crippen molar-refractivity contribution in [2.75, 3.05) is 14.1 Å². The van der Waals surface area contributed by atoms with Gasteiger partial charge in [-0.3, -0.25) is 4.79 Å². The van der Waals surface area contributed by atoms with Gasteiger partial charge in [0.15, 0.2) is 0 Å². The van der Waals surface area contributed by atoms with E-state index in [1.165, 1.54) is 0 Å². The van der Waals surface area contributed by atoms with Crippen molar-refractivity contribution in [2.24, 2.45) is 0 Å². The van der Waals surface area contributed by atoms with E-state index in [0.29, 0.717) is 5.56 Å². The summed E-state index contributed by atoms with van der Waals surface area (Å²) in [6.07, 6.45) is 0. The highest BCUT2D eigenvalue weighted by Gasteiger charge is 2.15. The average Bonchev–Trinajstić information content (AvgIpc) is 2.46. The zero-order valence-corrected chi connectivity index (χ0v) is 11.3. The summed E-state index contributed by atoms with van der Waals surface area (Å²) in [5.74, 6) is -0.00678. The molecule has 0 aliphatic heterocycles. The topological polar surface area (TPSA) is 20.3 Å². The van der Waals surface area contributed by atoms with Gasteiger partial charge in [-0.25, -0.2) is 0 Å². The van der Waals surface area contributed by atoms with Crippen molar-refractivity contribution in [1.82, 2.24) is 4.90 Å². The molecule has 0 radical (unpaired) electrons. The molecule has 0 aliphatic carbocycles. The Morgan fingerprint density at radius 2 is 1.42 bits per heavy atom. The van der Waals surface area contributed by atoms with Crippen LogP contribution >= 0.6 is 0 Å². The van der Waals surface area contributed by atoms with Gasteiger partial charge in [-0.2, -0.15) is 0 Å². The van der Waals surface area contributed by atoms with Crippen molar-refractivity contribution in [1.29, 1.82) is 0 Å². The molecule has 2 aromatic rings. The van der Waals surface area contributed by atoms with Crippen LogP contribution in [0, 0.1) is 0 Å². The molecule has 19 heavy (non-hydrogen) atoms. The lowest BCUT2D eigenvalue weighted by molar-refractivity contribution is 0.0827. The van der Waals surface area contributed by atoms with Crippen LogP contribution in [0.25, 0.3) is 5.57 Å². The highest BCUT2D eigenvalue weighted by atomic mass is 16.2. The number of benzene rings is 2. The normalized spacial score (nSPS) is 10.0. The minimum absolute atomic E-state index is 0.00678. The van der Waals surface area contributed by atoms with Crippen LogP contribution < -0.4 is 0 Å². The van der Waals surface area contributed by atoms with Crippen molar-refractivity contribution >= 4 is 11.5 Å². The SMILES string of the molecule is C=C(c1ccccc1)c1ccccc1C(=O)N(C)C. The van der Waals surface area contributed by atoms with Gasteiger partial charge in [0.05, 0.1) is 0 Å². The van der Waals surface area contributed by atoms with E-state index in [0.717, 1.165) is 16.7 Å². The number of nitrogens with zero attached hydrogens (tertiary/aromatic N) is 1. The molecule has 0 unspecified atom stereocenters. The van der Waals surface area contributed by atoms with Crippen LogP contribution in [0.4, 0.5) is 0 Å². The lowest BCUT2D eigenvalue weighted by Gasteiger charge is -2.15. The summed E-state index contributed by atoms with van der Waals surface area (Å²) >= 11 is 0. The summed E-state index contributed by atoms with van der Waals surface area (Å²) in [6.45, 7) is 4.13. The number of hydrogen-bond donors (Lipinski definition) is 0. The molecule has 96 valence electrons. The molecule has 2 rings (SSSR count). The Bertz CT molecular complexity index is 600. The Hall–Kier alpha value is -2.35. The van der Waals surface area contributed by atoms with Crippen molar-refractivity contribution in [3.63, 3.8) is 0 Å². The van der Waals surface area contributed by atoms with Gasteiger partial charge in [-0.1, -0.05) is 55.1 Å². The molecule has 0 bridgehead atoms. The van der Waals surface area contributed by atoms with E-state index < -0.39 is 0 Å². The third kappa shape index (κ3) is 2.74. The Morgan fingerprint density at radius 1 is 0.895 bits per heavy atom. The average molecular weight is 251 g/mol. The molecule has 0 spiro atoms. The lowest BCUT2D eigenvalue weighted by Crippen LogP contribution is -2.22. The summed E-state index contributed by atoms with van der Waals surface area (Å²) < 4.78 is 0. The fourth-order valence-corrected chi connectivity index (χ4v) is 1.97. The van der Waals surface area contributed by atoms with Crippen LogP contribution in [0.2, 0.25) is 0 Å². The molecule has 0 aromatic heterocycles. The highest BCUT2D eigenvalue weighted by Crippen LogP contribution is 2.25. The molecule has 0 atom stereocenters. The maximum Gasteiger partial charge on any atom is 0.253 e. The molecule has 0 aliphatic rings. The van der Waals surface area contributed by atoms with Gasteiger partial charge in [-0.05, 0) is 22.8 Å². The smallest absolute Gasteiger partial charge is 0.253 e. The minimum Gasteiger partial charge on any atom is -0.345 e. The van der Waals surface area contributed by atoms with Gasteiger partial charge < -0.3 is 4.90 Å². The summed E-state index contributed by atoms with van der Waals surface area (Å²) in [6, 6.07) is 17.5. The van der Waals surface area contributed by atoms with Crippen molar-refractivity contribution in [3.05, 3.63) is 77.9 Å². The second-order valence-corrected chi connectivity index (χ2v) is 4.59. The predicted molar refractivity (Wildman–Crippen MR) is 79.0 cm³/mol. The van der Waals surface area contributed by atoms with E-state index in [4.69, 9.17) is 0 Å². The highest BCUT2D eigenvalue weighted by molar-refractivity contribution is 6.00. The first-order valence-electron chi connectivity index (χ1n) is 6.16. The Kier molecular flexibility index (Phi) is 3.81. The van der Waals surface area contributed by atoms with Crippen LogP contribution in [0.3, 0.4) is 0 Å². The first-order valence-corrected chi connectivity index (χ1v) is 6.16. The maximum absolute atomic E-state index is 12.2. The quantitative estimate of drug-likeness (QED) is 0.818. The van der Waals surface area contributed by atoms with Gasteiger partial charge >= 0.3 is 0 Å². The molecular weight excluding hydrogens is 234 g/mol. The van der Waals surface area contributed by atoms with Crippen LogP contribution in [-0.2, 0) is 0 Å².